The van der Waals surface area contributed by atoms with Gasteiger partial charge >= 0.3 is 5.97 Å². The van der Waals surface area contributed by atoms with Gasteiger partial charge in [-0.1, -0.05) is 41.4 Å². The highest BCUT2D eigenvalue weighted by molar-refractivity contribution is 6.40. The van der Waals surface area contributed by atoms with Gasteiger partial charge in [-0.05, 0) is 23.8 Å². The largest absolute Gasteiger partial charge is 0.402 e. The average molecular weight is 363 g/mol. The Morgan fingerprint density at radius 2 is 1.79 bits per heavy atom. The summed E-state index contributed by atoms with van der Waals surface area (Å²) in [5, 5.41) is 11.4. The summed E-state index contributed by atoms with van der Waals surface area (Å²) in [4.78, 5) is 26.4. The fourth-order valence-corrected chi connectivity index (χ4v) is 2.66. The van der Waals surface area contributed by atoms with Crippen LogP contribution in [-0.2, 0) is 9.53 Å². The minimum atomic E-state index is -0.688. The number of halogens is 2. The molecule has 0 saturated heterocycles. The van der Waals surface area contributed by atoms with Gasteiger partial charge in [0.15, 0.2) is 5.70 Å². The van der Waals surface area contributed by atoms with Crippen LogP contribution in [0.15, 0.2) is 53.2 Å². The van der Waals surface area contributed by atoms with Crippen molar-refractivity contribution >= 4 is 46.8 Å². The zero-order chi connectivity index (χ0) is 17.3. The minimum Gasteiger partial charge on any atom is -0.402 e. The summed E-state index contributed by atoms with van der Waals surface area (Å²) in [7, 11) is 0. The molecule has 0 amide bonds. The second kappa shape index (κ2) is 6.43. The first kappa shape index (κ1) is 16.2. The van der Waals surface area contributed by atoms with E-state index in [4.69, 9.17) is 27.9 Å². The molecule has 0 saturated carbocycles. The van der Waals surface area contributed by atoms with Gasteiger partial charge in [-0.25, -0.2) is 9.79 Å². The number of aliphatic imine (C=N–C) groups is 1. The Kier molecular flexibility index (Phi) is 4.33. The van der Waals surface area contributed by atoms with E-state index < -0.39 is 10.9 Å². The maximum atomic E-state index is 12.0. The normalized spacial score (nSPS) is 15.3. The summed E-state index contributed by atoms with van der Waals surface area (Å²) >= 11 is 12.1. The number of nitro benzene ring substituents is 1. The monoisotopic (exact) mass is 362 g/mol. The van der Waals surface area contributed by atoms with Gasteiger partial charge in [-0.3, -0.25) is 10.1 Å². The van der Waals surface area contributed by atoms with E-state index in [1.165, 1.54) is 24.3 Å². The molecule has 0 aliphatic carbocycles. The lowest BCUT2D eigenvalue weighted by Gasteiger charge is -2.04. The molecule has 1 aliphatic heterocycles. The molecule has 0 aromatic heterocycles. The van der Waals surface area contributed by atoms with E-state index in [9.17, 15) is 14.9 Å². The van der Waals surface area contributed by atoms with Crippen LogP contribution in [0.2, 0.25) is 10.0 Å². The van der Waals surface area contributed by atoms with E-state index in [2.05, 4.69) is 4.99 Å². The SMILES string of the molecule is O=C1OC(c2c(Cl)cccc2Cl)=N/C1=C/c1cccc([N+](=O)[O-])c1. The number of rotatable bonds is 3. The highest BCUT2D eigenvalue weighted by Crippen LogP contribution is 2.29. The van der Waals surface area contributed by atoms with Crippen LogP contribution >= 0.6 is 23.2 Å². The number of esters is 1. The lowest BCUT2D eigenvalue weighted by Crippen LogP contribution is -2.06. The molecule has 8 heteroatoms. The van der Waals surface area contributed by atoms with Crippen molar-refractivity contribution in [1.82, 2.24) is 0 Å². The van der Waals surface area contributed by atoms with Gasteiger partial charge in [0.1, 0.15) is 0 Å². The van der Waals surface area contributed by atoms with Crippen molar-refractivity contribution in [3.63, 3.8) is 0 Å². The number of nitro groups is 1. The number of carbonyl (C=O) groups is 1. The second-order valence-electron chi connectivity index (χ2n) is 4.78. The van der Waals surface area contributed by atoms with Crippen LogP contribution in [-0.4, -0.2) is 16.8 Å². The highest BCUT2D eigenvalue weighted by atomic mass is 35.5. The van der Waals surface area contributed by atoms with Crippen LogP contribution in [0.25, 0.3) is 6.08 Å². The fourth-order valence-electron chi connectivity index (χ4n) is 2.10. The van der Waals surface area contributed by atoms with Gasteiger partial charge in [0.25, 0.3) is 5.69 Å². The number of hydrogen-bond acceptors (Lipinski definition) is 5. The molecule has 0 radical (unpaired) electrons. The third-order valence-corrected chi connectivity index (χ3v) is 3.81. The Balaban J connectivity index is 2.01. The number of hydrogen-bond donors (Lipinski definition) is 0. The van der Waals surface area contributed by atoms with Crippen LogP contribution < -0.4 is 0 Å². The van der Waals surface area contributed by atoms with Gasteiger partial charge < -0.3 is 4.74 Å². The molecule has 2 aromatic rings. The van der Waals surface area contributed by atoms with Crippen LogP contribution in [0.3, 0.4) is 0 Å². The van der Waals surface area contributed by atoms with E-state index >= 15 is 0 Å². The molecular formula is C16H8Cl2N2O4. The van der Waals surface area contributed by atoms with Gasteiger partial charge in [0.2, 0.25) is 5.90 Å². The van der Waals surface area contributed by atoms with Gasteiger partial charge in [0, 0.05) is 12.1 Å². The lowest BCUT2D eigenvalue weighted by molar-refractivity contribution is -0.384. The lowest BCUT2D eigenvalue weighted by atomic mass is 10.1. The van der Waals surface area contributed by atoms with Gasteiger partial charge in [0.05, 0.1) is 20.5 Å². The van der Waals surface area contributed by atoms with Crippen LogP contribution in [0, 0.1) is 10.1 Å². The van der Waals surface area contributed by atoms with E-state index in [-0.39, 0.29) is 17.3 Å². The van der Waals surface area contributed by atoms with Crippen molar-refractivity contribution in [3.05, 3.63) is 79.4 Å². The molecule has 24 heavy (non-hydrogen) atoms. The number of cyclic esters (lactones) is 1. The van der Waals surface area contributed by atoms with Crippen LogP contribution in [0.5, 0.6) is 0 Å². The standard InChI is InChI=1S/C16H8Cl2N2O4/c17-11-5-2-6-12(18)14(11)15-19-13(16(21)24-15)8-9-3-1-4-10(7-9)20(22)23/h1-8H/b13-8+. The summed E-state index contributed by atoms with van der Waals surface area (Å²) in [5.74, 6) is -0.695. The smallest absolute Gasteiger partial charge is 0.363 e. The second-order valence-corrected chi connectivity index (χ2v) is 5.60. The van der Waals surface area contributed by atoms with E-state index in [1.807, 2.05) is 0 Å². The van der Waals surface area contributed by atoms with Gasteiger partial charge in [-0.15, -0.1) is 0 Å². The first-order valence-electron chi connectivity index (χ1n) is 6.67. The molecule has 0 fully saturated rings. The van der Waals surface area contributed by atoms with Gasteiger partial charge in [-0.2, -0.15) is 0 Å². The Bertz CT molecular complexity index is 902. The Morgan fingerprint density at radius 1 is 1.12 bits per heavy atom. The molecule has 0 unspecified atom stereocenters. The quantitative estimate of drug-likeness (QED) is 0.353. The van der Waals surface area contributed by atoms with Crippen molar-refractivity contribution in [2.24, 2.45) is 4.99 Å². The molecular weight excluding hydrogens is 355 g/mol. The predicted octanol–water partition coefficient (Wildman–Crippen LogP) is 4.25. The third kappa shape index (κ3) is 3.15. The first-order valence-corrected chi connectivity index (χ1v) is 7.42. The third-order valence-electron chi connectivity index (χ3n) is 3.18. The Morgan fingerprint density at radius 3 is 2.46 bits per heavy atom. The first-order chi connectivity index (χ1) is 11.5. The Hall–Kier alpha value is -2.70. The van der Waals surface area contributed by atoms with Crippen molar-refractivity contribution in [2.75, 3.05) is 0 Å². The fraction of sp³-hybridized carbons (Fsp3) is 0. The number of nitrogens with zero attached hydrogens (tertiary/aromatic N) is 2. The van der Waals surface area contributed by atoms with Crippen molar-refractivity contribution in [1.29, 1.82) is 0 Å². The van der Waals surface area contributed by atoms with E-state index in [0.29, 0.717) is 21.2 Å². The molecule has 1 heterocycles. The van der Waals surface area contributed by atoms with Crippen molar-refractivity contribution in [2.45, 2.75) is 0 Å². The Labute approximate surface area is 146 Å². The molecule has 6 nitrogen and oxygen atoms in total. The maximum Gasteiger partial charge on any atom is 0.363 e. The topological polar surface area (TPSA) is 81.8 Å². The molecule has 0 atom stereocenters. The molecule has 2 aromatic carbocycles. The number of ether oxygens (including phenoxy) is 1. The van der Waals surface area contributed by atoms with Crippen molar-refractivity contribution in [3.8, 4) is 0 Å². The number of non-ortho nitro benzene ring substituents is 1. The summed E-state index contributed by atoms with van der Waals surface area (Å²) < 4.78 is 5.11. The molecule has 1 aliphatic rings. The summed E-state index contributed by atoms with van der Waals surface area (Å²) in [6, 6.07) is 10.7. The molecule has 0 bridgehead atoms. The van der Waals surface area contributed by atoms with Crippen molar-refractivity contribution < 1.29 is 14.5 Å². The summed E-state index contributed by atoms with van der Waals surface area (Å²) in [5.41, 5.74) is 0.679. The molecule has 0 N–H and O–H groups in total. The number of carbonyl (C=O) groups excluding carboxylic acids is 1. The summed E-state index contributed by atoms with van der Waals surface area (Å²) in [6.07, 6.45) is 1.40. The zero-order valence-corrected chi connectivity index (χ0v) is 13.4. The summed E-state index contributed by atoms with van der Waals surface area (Å²) in [6.45, 7) is 0. The van der Waals surface area contributed by atoms with E-state index in [0.717, 1.165) is 0 Å². The molecule has 0 spiro atoms. The average Bonchev–Trinajstić information content (AvgIpc) is 2.88. The van der Waals surface area contributed by atoms with Crippen LogP contribution in [0.1, 0.15) is 11.1 Å². The molecule has 120 valence electrons. The number of benzene rings is 2. The minimum absolute atomic E-state index is 0.00137. The van der Waals surface area contributed by atoms with Crippen LogP contribution in [0.4, 0.5) is 5.69 Å². The maximum absolute atomic E-state index is 12.0. The predicted molar refractivity (Wildman–Crippen MR) is 90.2 cm³/mol. The molecule has 3 rings (SSSR count). The zero-order valence-electron chi connectivity index (χ0n) is 11.9. The van der Waals surface area contributed by atoms with E-state index in [1.54, 1.807) is 24.3 Å². The highest BCUT2D eigenvalue weighted by Gasteiger charge is 2.27.